The molecule has 18 heavy (non-hydrogen) atoms. The van der Waals surface area contributed by atoms with Gasteiger partial charge < -0.3 is 9.73 Å². The van der Waals surface area contributed by atoms with E-state index in [4.69, 9.17) is 4.42 Å². The Morgan fingerprint density at radius 2 is 2.44 bits per heavy atom. The van der Waals surface area contributed by atoms with Gasteiger partial charge in [0.05, 0.1) is 17.5 Å². The maximum Gasteiger partial charge on any atom is 0.108 e. The number of aromatic nitrogens is 1. The molecule has 0 amide bonds. The van der Waals surface area contributed by atoms with Crippen molar-refractivity contribution in [2.24, 2.45) is 0 Å². The molecule has 1 aliphatic carbocycles. The topological polar surface area (TPSA) is 38.1 Å². The summed E-state index contributed by atoms with van der Waals surface area (Å²) in [6.07, 6.45) is 5.28. The third kappa shape index (κ3) is 2.10. The smallest absolute Gasteiger partial charge is 0.108 e. The van der Waals surface area contributed by atoms with Crippen LogP contribution < -0.4 is 5.32 Å². The van der Waals surface area contributed by atoms with E-state index in [2.05, 4.69) is 30.2 Å². The van der Waals surface area contributed by atoms with Crippen LogP contribution in [-0.2, 0) is 6.42 Å². The summed E-state index contributed by atoms with van der Waals surface area (Å²) in [5.41, 5.74) is 4.41. The van der Waals surface area contributed by atoms with Crippen molar-refractivity contribution in [3.63, 3.8) is 0 Å². The molecule has 2 heterocycles. The van der Waals surface area contributed by atoms with Gasteiger partial charge in [0.1, 0.15) is 5.76 Å². The minimum atomic E-state index is 0.350. The molecule has 3 nitrogen and oxygen atoms in total. The van der Waals surface area contributed by atoms with Gasteiger partial charge in [-0.1, -0.05) is 0 Å². The molecule has 0 aliphatic heterocycles. The lowest BCUT2D eigenvalue weighted by Crippen LogP contribution is -2.27. The Morgan fingerprint density at radius 3 is 3.22 bits per heavy atom. The van der Waals surface area contributed by atoms with Gasteiger partial charge >= 0.3 is 0 Å². The van der Waals surface area contributed by atoms with E-state index in [0.29, 0.717) is 12.1 Å². The molecular formula is C14H18N2OS. The van der Waals surface area contributed by atoms with Gasteiger partial charge in [0.2, 0.25) is 0 Å². The zero-order valence-corrected chi connectivity index (χ0v) is 11.6. The molecule has 3 rings (SSSR count). The fourth-order valence-corrected chi connectivity index (χ4v) is 3.58. The van der Waals surface area contributed by atoms with E-state index in [0.717, 1.165) is 17.9 Å². The highest BCUT2D eigenvalue weighted by Crippen LogP contribution is 2.33. The van der Waals surface area contributed by atoms with E-state index in [1.54, 1.807) is 11.3 Å². The van der Waals surface area contributed by atoms with E-state index in [1.165, 1.54) is 23.3 Å². The summed E-state index contributed by atoms with van der Waals surface area (Å²) in [5, 5.41) is 3.71. The van der Waals surface area contributed by atoms with Crippen LogP contribution in [-0.4, -0.2) is 4.98 Å². The Labute approximate surface area is 111 Å². The second-order valence-corrected chi connectivity index (χ2v) is 5.82. The van der Waals surface area contributed by atoms with E-state index in [1.807, 2.05) is 11.8 Å². The summed E-state index contributed by atoms with van der Waals surface area (Å²) in [4.78, 5) is 5.66. The van der Waals surface area contributed by atoms with Crippen LogP contribution in [0.4, 0.5) is 0 Å². The van der Waals surface area contributed by atoms with Gasteiger partial charge in [-0.05, 0) is 32.8 Å². The number of nitrogens with one attached hydrogen (secondary N) is 1. The molecule has 0 saturated carbocycles. The molecule has 1 N–H and O–H groups in total. The van der Waals surface area contributed by atoms with Crippen molar-refractivity contribution in [3.05, 3.63) is 39.7 Å². The number of nitrogens with zero attached hydrogens (tertiary/aromatic N) is 1. The zero-order chi connectivity index (χ0) is 12.5. The minimum absolute atomic E-state index is 0.350. The van der Waals surface area contributed by atoms with Crippen LogP contribution in [0.15, 0.2) is 22.3 Å². The summed E-state index contributed by atoms with van der Waals surface area (Å²) in [5.74, 6) is 1.16. The van der Waals surface area contributed by atoms with E-state index < -0.39 is 0 Å². The quantitative estimate of drug-likeness (QED) is 0.915. The summed E-state index contributed by atoms with van der Waals surface area (Å²) in [7, 11) is 0. The van der Waals surface area contributed by atoms with Gasteiger partial charge in [0.25, 0.3) is 0 Å². The molecule has 0 radical (unpaired) electrons. The first kappa shape index (κ1) is 11.9. The molecule has 4 heteroatoms. The average molecular weight is 262 g/mol. The lowest BCUT2D eigenvalue weighted by atomic mass is 9.93. The Hall–Kier alpha value is -1.13. The van der Waals surface area contributed by atoms with Crippen LogP contribution in [0.3, 0.4) is 0 Å². The normalized spacial score (nSPS) is 20.7. The molecule has 96 valence electrons. The monoisotopic (exact) mass is 262 g/mol. The molecule has 0 spiro atoms. The third-order valence-electron chi connectivity index (χ3n) is 3.68. The van der Waals surface area contributed by atoms with E-state index in [-0.39, 0.29) is 0 Å². The first-order chi connectivity index (χ1) is 8.75. The largest absolute Gasteiger partial charge is 0.469 e. The zero-order valence-electron chi connectivity index (χ0n) is 10.8. The predicted octanol–water partition coefficient (Wildman–Crippen LogP) is 3.77. The highest BCUT2D eigenvalue weighted by Gasteiger charge is 2.24. The Balaban J connectivity index is 1.77. The second-order valence-electron chi connectivity index (χ2n) is 4.93. The summed E-state index contributed by atoms with van der Waals surface area (Å²) in [6.45, 7) is 4.29. The number of aryl methyl sites for hydroxylation is 2. The van der Waals surface area contributed by atoms with Crippen LogP contribution >= 0.6 is 11.3 Å². The van der Waals surface area contributed by atoms with Crippen molar-refractivity contribution in [1.82, 2.24) is 10.3 Å². The standard InChI is InChI=1S/C14H18N2OS/c1-9-14(18-8-15-9)10(2)16-12-4-3-5-13-11(12)6-7-17-13/h6-8,10,12,16H,3-5H2,1-2H3. The molecule has 2 aromatic rings. The molecule has 0 bridgehead atoms. The lowest BCUT2D eigenvalue weighted by molar-refractivity contribution is 0.387. The fourth-order valence-electron chi connectivity index (χ4n) is 2.76. The van der Waals surface area contributed by atoms with Crippen LogP contribution in [0.2, 0.25) is 0 Å². The van der Waals surface area contributed by atoms with Crippen molar-refractivity contribution in [3.8, 4) is 0 Å². The minimum Gasteiger partial charge on any atom is -0.469 e. The number of hydrogen-bond acceptors (Lipinski definition) is 4. The van der Waals surface area contributed by atoms with Gasteiger partial charge in [-0.2, -0.15) is 0 Å². The molecule has 2 unspecified atom stereocenters. The summed E-state index contributed by atoms with van der Waals surface area (Å²) < 4.78 is 5.53. The second kappa shape index (κ2) is 4.86. The SMILES string of the molecule is Cc1ncsc1C(C)NC1CCCc2occc21. The maximum absolute atomic E-state index is 5.53. The molecule has 0 saturated heterocycles. The van der Waals surface area contributed by atoms with E-state index >= 15 is 0 Å². The van der Waals surface area contributed by atoms with E-state index in [9.17, 15) is 0 Å². The molecule has 0 aromatic carbocycles. The predicted molar refractivity (Wildman–Crippen MR) is 72.8 cm³/mol. The Bertz CT molecular complexity index is 531. The third-order valence-corrected chi connectivity index (χ3v) is 4.79. The van der Waals surface area contributed by atoms with Crippen molar-refractivity contribution in [2.75, 3.05) is 0 Å². The summed E-state index contributed by atoms with van der Waals surface area (Å²) >= 11 is 1.73. The highest BCUT2D eigenvalue weighted by molar-refractivity contribution is 7.09. The molecule has 0 fully saturated rings. The van der Waals surface area contributed by atoms with Crippen molar-refractivity contribution in [2.45, 2.75) is 45.2 Å². The highest BCUT2D eigenvalue weighted by atomic mass is 32.1. The van der Waals surface area contributed by atoms with Gasteiger partial charge in [-0.25, -0.2) is 4.98 Å². The van der Waals surface area contributed by atoms with Crippen molar-refractivity contribution in [1.29, 1.82) is 0 Å². The lowest BCUT2D eigenvalue weighted by Gasteiger charge is -2.26. The first-order valence-electron chi connectivity index (χ1n) is 6.48. The average Bonchev–Trinajstić information content (AvgIpc) is 2.97. The first-order valence-corrected chi connectivity index (χ1v) is 7.36. The van der Waals surface area contributed by atoms with Crippen LogP contribution in [0.1, 0.15) is 53.7 Å². The van der Waals surface area contributed by atoms with Gasteiger partial charge in [0, 0.05) is 28.9 Å². The van der Waals surface area contributed by atoms with Crippen molar-refractivity contribution < 1.29 is 4.42 Å². The molecular weight excluding hydrogens is 244 g/mol. The molecule has 1 aliphatic rings. The number of furan rings is 1. The Kier molecular flexibility index (Phi) is 3.22. The number of fused-ring (bicyclic) bond motifs is 1. The number of thiazole rings is 1. The molecule has 2 aromatic heterocycles. The van der Waals surface area contributed by atoms with Gasteiger partial charge in [0.15, 0.2) is 0 Å². The fraction of sp³-hybridized carbons (Fsp3) is 0.500. The number of rotatable bonds is 3. The summed E-state index contributed by atoms with van der Waals surface area (Å²) in [6, 6.07) is 2.88. The van der Waals surface area contributed by atoms with Crippen molar-refractivity contribution >= 4 is 11.3 Å². The Morgan fingerprint density at radius 1 is 1.56 bits per heavy atom. The van der Waals surface area contributed by atoms with Crippen LogP contribution in [0, 0.1) is 6.92 Å². The van der Waals surface area contributed by atoms with Crippen LogP contribution in [0.25, 0.3) is 0 Å². The van der Waals surface area contributed by atoms with Gasteiger partial charge in [-0.15, -0.1) is 11.3 Å². The maximum atomic E-state index is 5.53. The van der Waals surface area contributed by atoms with Gasteiger partial charge in [-0.3, -0.25) is 0 Å². The van der Waals surface area contributed by atoms with Crippen LogP contribution in [0.5, 0.6) is 0 Å². The molecule has 2 atom stereocenters. The number of hydrogen-bond donors (Lipinski definition) is 1.